The molecule has 0 spiro atoms. The van der Waals surface area contributed by atoms with Crippen LogP contribution in [0, 0.1) is 24.5 Å². The van der Waals surface area contributed by atoms with E-state index in [0.29, 0.717) is 0 Å². The summed E-state index contributed by atoms with van der Waals surface area (Å²) < 4.78 is 26.9. The fourth-order valence-corrected chi connectivity index (χ4v) is 1.26. The average Bonchev–Trinajstić information content (AvgIpc) is 2.36. The molecule has 1 atom stereocenters. The van der Waals surface area contributed by atoms with Gasteiger partial charge in [0.15, 0.2) is 5.82 Å². The average molecular weight is 272 g/mol. The van der Waals surface area contributed by atoms with Crippen LogP contribution in [-0.4, -0.2) is 23.7 Å². The standard InChI is InChI=1S/C12H14F2N2O3/c1-6-3-4-8(13)10(9(6)14)16-12(19)15-5-7(2)11(17)18/h3-4,7H,5H2,1-2H3,(H,17,18)(H2,15,16,19). The normalized spacial score (nSPS) is 11.8. The zero-order chi connectivity index (χ0) is 14.6. The topological polar surface area (TPSA) is 78.4 Å². The van der Waals surface area contributed by atoms with Gasteiger partial charge in [0, 0.05) is 6.54 Å². The van der Waals surface area contributed by atoms with E-state index in [4.69, 9.17) is 5.11 Å². The third kappa shape index (κ3) is 3.90. The van der Waals surface area contributed by atoms with Gasteiger partial charge in [-0.2, -0.15) is 0 Å². The number of halogens is 2. The number of carboxylic acid groups (broad SMARTS) is 1. The molecular formula is C12H14F2N2O3. The Morgan fingerprint density at radius 3 is 2.58 bits per heavy atom. The lowest BCUT2D eigenvalue weighted by atomic mass is 10.2. The monoisotopic (exact) mass is 272 g/mol. The molecule has 5 nitrogen and oxygen atoms in total. The van der Waals surface area contributed by atoms with Gasteiger partial charge >= 0.3 is 12.0 Å². The highest BCUT2D eigenvalue weighted by Crippen LogP contribution is 2.21. The molecule has 3 N–H and O–H groups in total. The number of rotatable bonds is 4. The lowest BCUT2D eigenvalue weighted by molar-refractivity contribution is -0.140. The van der Waals surface area contributed by atoms with Gasteiger partial charge in [-0.3, -0.25) is 4.79 Å². The van der Waals surface area contributed by atoms with Gasteiger partial charge in [0.25, 0.3) is 0 Å². The molecule has 0 saturated carbocycles. The first-order chi connectivity index (χ1) is 8.82. The molecule has 0 bridgehead atoms. The molecule has 0 aliphatic carbocycles. The molecule has 0 radical (unpaired) electrons. The van der Waals surface area contributed by atoms with Crippen LogP contribution < -0.4 is 10.6 Å². The minimum Gasteiger partial charge on any atom is -0.481 e. The second kappa shape index (κ2) is 6.12. The summed E-state index contributed by atoms with van der Waals surface area (Å²) in [5, 5.41) is 12.9. The SMILES string of the molecule is Cc1ccc(F)c(NC(=O)NCC(C)C(=O)O)c1F. The van der Waals surface area contributed by atoms with Crippen molar-refractivity contribution in [3.63, 3.8) is 0 Å². The van der Waals surface area contributed by atoms with Crippen LogP contribution in [-0.2, 0) is 4.79 Å². The number of nitrogens with one attached hydrogen (secondary N) is 2. The second-order valence-corrected chi connectivity index (χ2v) is 4.13. The summed E-state index contributed by atoms with van der Waals surface area (Å²) in [7, 11) is 0. The van der Waals surface area contributed by atoms with E-state index in [-0.39, 0.29) is 12.1 Å². The van der Waals surface area contributed by atoms with Gasteiger partial charge in [-0.25, -0.2) is 13.6 Å². The van der Waals surface area contributed by atoms with Crippen LogP contribution in [0.4, 0.5) is 19.3 Å². The molecule has 0 heterocycles. The molecular weight excluding hydrogens is 258 g/mol. The van der Waals surface area contributed by atoms with Crippen LogP contribution in [0.3, 0.4) is 0 Å². The van der Waals surface area contributed by atoms with Gasteiger partial charge in [0.2, 0.25) is 0 Å². The summed E-state index contributed by atoms with van der Waals surface area (Å²) in [6.45, 7) is 2.69. The van der Waals surface area contributed by atoms with Crippen LogP contribution in [0.25, 0.3) is 0 Å². The van der Waals surface area contributed by atoms with Crippen molar-refractivity contribution in [3.8, 4) is 0 Å². The highest BCUT2D eigenvalue weighted by atomic mass is 19.1. The summed E-state index contributed by atoms with van der Waals surface area (Å²) >= 11 is 0. The first kappa shape index (κ1) is 14.9. The van der Waals surface area contributed by atoms with Gasteiger partial charge in [-0.05, 0) is 18.6 Å². The number of anilines is 1. The molecule has 0 saturated heterocycles. The minimum absolute atomic E-state index is 0.143. The molecule has 0 aliphatic heterocycles. The number of aliphatic carboxylic acids is 1. The van der Waals surface area contributed by atoms with Gasteiger partial charge in [0.1, 0.15) is 11.5 Å². The summed E-state index contributed by atoms with van der Waals surface area (Å²) in [6.07, 6.45) is 0. The van der Waals surface area contributed by atoms with Crippen molar-refractivity contribution >= 4 is 17.7 Å². The maximum atomic E-state index is 13.6. The number of carboxylic acids is 1. The molecule has 2 amide bonds. The van der Waals surface area contributed by atoms with Crippen LogP contribution in [0.1, 0.15) is 12.5 Å². The Kier molecular flexibility index (Phi) is 4.80. The van der Waals surface area contributed by atoms with E-state index >= 15 is 0 Å². The Balaban J connectivity index is 2.68. The lowest BCUT2D eigenvalue weighted by Gasteiger charge is -2.11. The number of hydrogen-bond donors (Lipinski definition) is 3. The summed E-state index contributed by atoms with van der Waals surface area (Å²) in [5.41, 5.74) is -0.365. The van der Waals surface area contributed by atoms with E-state index in [0.717, 1.165) is 6.07 Å². The zero-order valence-electron chi connectivity index (χ0n) is 10.5. The van der Waals surface area contributed by atoms with Crippen molar-refractivity contribution in [2.75, 3.05) is 11.9 Å². The van der Waals surface area contributed by atoms with Crippen molar-refractivity contribution in [1.82, 2.24) is 5.32 Å². The second-order valence-electron chi connectivity index (χ2n) is 4.13. The van der Waals surface area contributed by atoms with Gasteiger partial charge < -0.3 is 15.7 Å². The summed E-state index contributed by atoms with van der Waals surface area (Å²) in [6, 6.07) is 1.42. The first-order valence-electron chi connectivity index (χ1n) is 5.55. The quantitative estimate of drug-likeness (QED) is 0.785. The molecule has 7 heteroatoms. The molecule has 1 unspecified atom stereocenters. The van der Waals surface area contributed by atoms with E-state index in [1.807, 2.05) is 5.32 Å². The molecule has 1 aromatic carbocycles. The lowest BCUT2D eigenvalue weighted by Crippen LogP contribution is -2.35. The van der Waals surface area contributed by atoms with Crippen LogP contribution >= 0.6 is 0 Å². The molecule has 19 heavy (non-hydrogen) atoms. The minimum atomic E-state index is -1.08. The van der Waals surface area contributed by atoms with Crippen LogP contribution in [0.15, 0.2) is 12.1 Å². The van der Waals surface area contributed by atoms with Crippen molar-refractivity contribution in [2.45, 2.75) is 13.8 Å². The molecule has 0 aliphatic rings. The van der Waals surface area contributed by atoms with Crippen molar-refractivity contribution in [3.05, 3.63) is 29.3 Å². The predicted octanol–water partition coefficient (Wildman–Crippen LogP) is 2.12. The Hall–Kier alpha value is -2.18. The van der Waals surface area contributed by atoms with Gasteiger partial charge in [0.05, 0.1) is 5.92 Å². The highest BCUT2D eigenvalue weighted by molar-refractivity contribution is 5.89. The number of aryl methyl sites for hydroxylation is 1. The number of urea groups is 1. The summed E-state index contributed by atoms with van der Waals surface area (Å²) in [5.74, 6) is -3.63. The van der Waals surface area contributed by atoms with Crippen molar-refractivity contribution < 1.29 is 23.5 Å². The Bertz CT molecular complexity index is 506. The summed E-state index contributed by atoms with van der Waals surface area (Å²) in [4.78, 5) is 21.9. The van der Waals surface area contributed by atoms with E-state index in [2.05, 4.69) is 5.32 Å². The van der Waals surface area contributed by atoms with Crippen molar-refractivity contribution in [1.29, 1.82) is 0 Å². The molecule has 0 fully saturated rings. The third-order valence-corrected chi connectivity index (χ3v) is 2.51. The van der Waals surface area contributed by atoms with E-state index in [1.54, 1.807) is 0 Å². The number of carbonyl (C=O) groups is 2. The number of hydrogen-bond acceptors (Lipinski definition) is 2. The number of carbonyl (C=O) groups excluding carboxylic acids is 1. The van der Waals surface area contributed by atoms with E-state index in [1.165, 1.54) is 19.9 Å². The predicted molar refractivity (Wildman–Crippen MR) is 64.9 cm³/mol. The van der Waals surface area contributed by atoms with Gasteiger partial charge in [-0.1, -0.05) is 13.0 Å². The maximum absolute atomic E-state index is 13.6. The van der Waals surface area contributed by atoms with Crippen LogP contribution in [0.5, 0.6) is 0 Å². The number of benzene rings is 1. The van der Waals surface area contributed by atoms with Crippen LogP contribution in [0.2, 0.25) is 0 Å². The van der Waals surface area contributed by atoms with E-state index in [9.17, 15) is 18.4 Å². The Morgan fingerprint density at radius 2 is 2.00 bits per heavy atom. The fraction of sp³-hybridized carbons (Fsp3) is 0.333. The Labute approximate surface area is 108 Å². The van der Waals surface area contributed by atoms with Crippen molar-refractivity contribution in [2.24, 2.45) is 5.92 Å². The largest absolute Gasteiger partial charge is 0.481 e. The Morgan fingerprint density at radius 1 is 1.37 bits per heavy atom. The smallest absolute Gasteiger partial charge is 0.319 e. The molecule has 1 aromatic rings. The van der Waals surface area contributed by atoms with Gasteiger partial charge in [-0.15, -0.1) is 0 Å². The number of amides is 2. The zero-order valence-corrected chi connectivity index (χ0v) is 10.5. The molecule has 104 valence electrons. The highest BCUT2D eigenvalue weighted by Gasteiger charge is 2.16. The third-order valence-electron chi connectivity index (χ3n) is 2.51. The first-order valence-corrected chi connectivity index (χ1v) is 5.55. The fourth-order valence-electron chi connectivity index (χ4n) is 1.26. The van der Waals surface area contributed by atoms with E-state index < -0.39 is 35.2 Å². The molecule has 1 rings (SSSR count). The molecule has 0 aromatic heterocycles. The maximum Gasteiger partial charge on any atom is 0.319 e.